The normalized spacial score (nSPS) is 19.0. The Morgan fingerprint density at radius 1 is 1.00 bits per heavy atom. The van der Waals surface area contributed by atoms with Gasteiger partial charge >= 0.3 is 0 Å². The van der Waals surface area contributed by atoms with Crippen molar-refractivity contribution in [2.24, 2.45) is 0 Å². The van der Waals surface area contributed by atoms with E-state index >= 15 is 0 Å². The topological polar surface area (TPSA) is 32.8 Å². The van der Waals surface area contributed by atoms with Crippen LogP contribution in [0.1, 0.15) is 16.7 Å². The number of hydrogen-bond acceptors (Lipinski definition) is 5. The molecule has 28 heavy (non-hydrogen) atoms. The summed E-state index contributed by atoms with van der Waals surface area (Å²) in [5.41, 5.74) is 5.36. The van der Waals surface area contributed by atoms with Crippen molar-refractivity contribution in [3.05, 3.63) is 64.1 Å². The van der Waals surface area contributed by atoms with Gasteiger partial charge in [-0.2, -0.15) is 0 Å². The van der Waals surface area contributed by atoms with Crippen LogP contribution >= 0.6 is 24.0 Å². The van der Waals surface area contributed by atoms with Crippen LogP contribution in [0.4, 0.5) is 11.4 Å². The second-order valence-electron chi connectivity index (χ2n) is 6.98. The van der Waals surface area contributed by atoms with E-state index in [0.717, 1.165) is 43.1 Å². The lowest BCUT2D eigenvalue weighted by atomic mass is 10.1. The zero-order valence-electron chi connectivity index (χ0n) is 16.0. The molecule has 0 aliphatic carbocycles. The van der Waals surface area contributed by atoms with Crippen LogP contribution in [0.15, 0.2) is 47.4 Å². The van der Waals surface area contributed by atoms with Crippen LogP contribution in [0.25, 0.3) is 6.08 Å². The third kappa shape index (κ3) is 3.85. The molecule has 2 aromatic carbocycles. The molecule has 2 fully saturated rings. The second-order valence-corrected chi connectivity index (χ2v) is 8.65. The Morgan fingerprint density at radius 2 is 1.68 bits per heavy atom. The summed E-state index contributed by atoms with van der Waals surface area (Å²) in [6, 6.07) is 14.3. The first-order valence-corrected chi connectivity index (χ1v) is 10.5. The highest BCUT2D eigenvalue weighted by Gasteiger charge is 2.33. The van der Waals surface area contributed by atoms with Gasteiger partial charge < -0.3 is 9.64 Å². The summed E-state index contributed by atoms with van der Waals surface area (Å²) in [5.74, 6) is -0.0597. The Kier molecular flexibility index (Phi) is 5.53. The van der Waals surface area contributed by atoms with Gasteiger partial charge in [0, 0.05) is 18.8 Å². The van der Waals surface area contributed by atoms with Crippen molar-refractivity contribution in [1.29, 1.82) is 0 Å². The van der Waals surface area contributed by atoms with E-state index in [4.69, 9.17) is 17.0 Å². The summed E-state index contributed by atoms with van der Waals surface area (Å²) < 4.78 is 5.98. The van der Waals surface area contributed by atoms with Crippen LogP contribution in [-0.2, 0) is 9.53 Å². The highest BCUT2D eigenvalue weighted by molar-refractivity contribution is 8.27. The number of aryl methyl sites for hydroxylation is 2. The van der Waals surface area contributed by atoms with Crippen molar-refractivity contribution < 1.29 is 9.53 Å². The van der Waals surface area contributed by atoms with Gasteiger partial charge in [0.25, 0.3) is 5.91 Å². The van der Waals surface area contributed by atoms with Crippen molar-refractivity contribution in [2.45, 2.75) is 13.8 Å². The molecule has 2 aromatic rings. The van der Waals surface area contributed by atoms with E-state index in [0.29, 0.717) is 9.23 Å². The van der Waals surface area contributed by atoms with Crippen LogP contribution in [0.3, 0.4) is 0 Å². The fraction of sp³-hybridized carbons (Fsp3) is 0.273. The lowest BCUT2D eigenvalue weighted by Gasteiger charge is -2.28. The van der Waals surface area contributed by atoms with Crippen molar-refractivity contribution in [2.75, 3.05) is 36.1 Å². The Balaban J connectivity index is 1.54. The second kappa shape index (κ2) is 8.07. The third-order valence-electron chi connectivity index (χ3n) is 5.11. The maximum atomic E-state index is 13.0. The molecule has 2 aliphatic rings. The summed E-state index contributed by atoms with van der Waals surface area (Å²) in [6.45, 7) is 7.46. The fourth-order valence-electron chi connectivity index (χ4n) is 3.31. The molecule has 4 nitrogen and oxygen atoms in total. The Morgan fingerprint density at radius 3 is 2.36 bits per heavy atom. The zero-order chi connectivity index (χ0) is 19.7. The molecule has 0 radical (unpaired) electrons. The van der Waals surface area contributed by atoms with Crippen molar-refractivity contribution in [3.8, 4) is 0 Å². The lowest BCUT2D eigenvalue weighted by molar-refractivity contribution is -0.113. The van der Waals surface area contributed by atoms with E-state index in [2.05, 4.69) is 24.0 Å². The Hall–Kier alpha value is -2.15. The number of hydrogen-bond donors (Lipinski definition) is 0. The summed E-state index contributed by atoms with van der Waals surface area (Å²) in [6.07, 6.45) is 1.92. The molecule has 2 aliphatic heterocycles. The molecule has 1 amide bonds. The summed E-state index contributed by atoms with van der Waals surface area (Å²) in [5, 5.41) is 0. The number of rotatable bonds is 3. The monoisotopic (exact) mass is 410 g/mol. The first kappa shape index (κ1) is 19.2. The van der Waals surface area contributed by atoms with Gasteiger partial charge in [0.1, 0.15) is 0 Å². The van der Waals surface area contributed by atoms with Gasteiger partial charge in [0.15, 0.2) is 4.32 Å². The Bertz CT molecular complexity index is 948. The average Bonchev–Trinajstić information content (AvgIpc) is 2.98. The number of thioether (sulfide) groups is 1. The highest BCUT2D eigenvalue weighted by Crippen LogP contribution is 2.36. The molecule has 0 aromatic heterocycles. The summed E-state index contributed by atoms with van der Waals surface area (Å²) >= 11 is 6.84. The number of anilines is 2. The standard InChI is InChI=1S/C22H22N2O2S2/c1-15-3-6-19(13-16(15)2)24-21(25)20(28-22(24)27)14-17-4-7-18(8-5-17)23-9-11-26-12-10-23/h3-8,13-14H,9-12H2,1-2H3. The molecular weight excluding hydrogens is 388 g/mol. The Labute approximate surface area is 175 Å². The van der Waals surface area contributed by atoms with Crippen LogP contribution in [0.5, 0.6) is 0 Å². The van der Waals surface area contributed by atoms with Crippen LogP contribution < -0.4 is 9.80 Å². The number of nitrogens with zero attached hydrogens (tertiary/aromatic N) is 2. The van der Waals surface area contributed by atoms with Crippen molar-refractivity contribution in [1.82, 2.24) is 0 Å². The predicted molar refractivity (Wildman–Crippen MR) is 121 cm³/mol. The molecule has 0 unspecified atom stereocenters. The molecule has 0 atom stereocenters. The maximum absolute atomic E-state index is 13.0. The quantitative estimate of drug-likeness (QED) is 0.548. The van der Waals surface area contributed by atoms with Crippen molar-refractivity contribution in [3.63, 3.8) is 0 Å². The van der Waals surface area contributed by atoms with E-state index in [-0.39, 0.29) is 5.91 Å². The van der Waals surface area contributed by atoms with Gasteiger partial charge in [-0.1, -0.05) is 42.2 Å². The molecule has 0 saturated carbocycles. The van der Waals surface area contributed by atoms with E-state index in [1.54, 1.807) is 4.90 Å². The zero-order valence-corrected chi connectivity index (χ0v) is 17.6. The van der Waals surface area contributed by atoms with Gasteiger partial charge in [0.05, 0.1) is 23.8 Å². The van der Waals surface area contributed by atoms with E-state index in [1.165, 1.54) is 23.0 Å². The van der Waals surface area contributed by atoms with E-state index < -0.39 is 0 Å². The molecule has 0 bridgehead atoms. The smallest absolute Gasteiger partial charge is 0.270 e. The largest absolute Gasteiger partial charge is 0.378 e. The van der Waals surface area contributed by atoms with Gasteiger partial charge in [-0.3, -0.25) is 9.69 Å². The van der Waals surface area contributed by atoms with Gasteiger partial charge in [-0.15, -0.1) is 0 Å². The third-order valence-corrected chi connectivity index (χ3v) is 6.41. The number of ether oxygens (including phenoxy) is 1. The minimum absolute atomic E-state index is 0.0597. The first-order chi connectivity index (χ1) is 13.5. The van der Waals surface area contributed by atoms with Crippen molar-refractivity contribution >= 4 is 51.7 Å². The number of carbonyl (C=O) groups is 1. The molecule has 6 heteroatoms. The van der Waals surface area contributed by atoms with Gasteiger partial charge in [-0.05, 0) is 60.9 Å². The molecule has 4 rings (SSSR count). The van der Waals surface area contributed by atoms with Crippen LogP contribution in [0.2, 0.25) is 0 Å². The molecule has 144 valence electrons. The minimum Gasteiger partial charge on any atom is -0.378 e. The van der Waals surface area contributed by atoms with Crippen LogP contribution in [0, 0.1) is 13.8 Å². The van der Waals surface area contributed by atoms with Gasteiger partial charge in [0.2, 0.25) is 0 Å². The molecule has 2 saturated heterocycles. The predicted octanol–water partition coefficient (Wildman–Crippen LogP) is 4.55. The van der Waals surface area contributed by atoms with Crippen LogP contribution in [-0.4, -0.2) is 36.5 Å². The molecule has 2 heterocycles. The van der Waals surface area contributed by atoms with E-state index in [9.17, 15) is 4.79 Å². The minimum atomic E-state index is -0.0597. The molecular formula is C22H22N2O2S2. The highest BCUT2D eigenvalue weighted by atomic mass is 32.2. The number of benzene rings is 2. The lowest BCUT2D eigenvalue weighted by Crippen LogP contribution is -2.36. The van der Waals surface area contributed by atoms with Gasteiger partial charge in [-0.25, -0.2) is 0 Å². The number of thiocarbonyl (C=S) groups is 1. The fourth-order valence-corrected chi connectivity index (χ4v) is 4.61. The maximum Gasteiger partial charge on any atom is 0.270 e. The number of carbonyl (C=O) groups excluding carboxylic acids is 1. The summed E-state index contributed by atoms with van der Waals surface area (Å²) in [4.78, 5) is 17.6. The SMILES string of the molecule is Cc1ccc(N2C(=O)C(=Cc3ccc(N4CCOCC4)cc3)SC2=S)cc1C. The first-order valence-electron chi connectivity index (χ1n) is 9.31. The number of morpholine rings is 1. The molecule has 0 N–H and O–H groups in total. The molecule has 0 spiro atoms. The average molecular weight is 411 g/mol. The summed E-state index contributed by atoms with van der Waals surface area (Å²) in [7, 11) is 0. The van der Waals surface area contributed by atoms with E-state index in [1.807, 2.05) is 43.3 Å². The number of amides is 1.